The number of nitrogens with zero attached hydrogens (tertiary/aromatic N) is 1. The standard InChI is InChI=1S/C15H22N2O2/c1-3-12-10-16-6-7-17(12)13-5-4-11(2)14-15(13)19-9-8-18-14/h4-5,12,16H,3,6-10H2,1-2H3. The van der Waals surface area contributed by atoms with Crippen LogP contribution in [0.25, 0.3) is 0 Å². The molecule has 0 bridgehead atoms. The Morgan fingerprint density at radius 3 is 2.84 bits per heavy atom. The molecule has 1 aromatic carbocycles. The van der Waals surface area contributed by atoms with Crippen LogP contribution in [0.2, 0.25) is 0 Å². The molecule has 0 saturated carbocycles. The average molecular weight is 262 g/mol. The SMILES string of the molecule is CCC1CNCCN1c1ccc(C)c2c1OCCO2. The van der Waals surface area contributed by atoms with E-state index in [0.29, 0.717) is 19.3 Å². The molecule has 1 unspecified atom stereocenters. The van der Waals surface area contributed by atoms with Crippen molar-refractivity contribution >= 4 is 5.69 Å². The molecule has 2 aliphatic heterocycles. The molecular weight excluding hydrogens is 240 g/mol. The third-order valence-corrected chi connectivity index (χ3v) is 4.00. The van der Waals surface area contributed by atoms with Crippen LogP contribution in [0, 0.1) is 6.92 Å². The summed E-state index contributed by atoms with van der Waals surface area (Å²) in [5, 5.41) is 3.46. The molecule has 1 atom stereocenters. The van der Waals surface area contributed by atoms with E-state index in [4.69, 9.17) is 9.47 Å². The highest BCUT2D eigenvalue weighted by Gasteiger charge is 2.27. The minimum Gasteiger partial charge on any atom is -0.486 e. The van der Waals surface area contributed by atoms with Gasteiger partial charge >= 0.3 is 0 Å². The van der Waals surface area contributed by atoms with E-state index in [9.17, 15) is 0 Å². The first kappa shape index (κ1) is 12.6. The van der Waals surface area contributed by atoms with Gasteiger partial charge in [-0.2, -0.15) is 0 Å². The monoisotopic (exact) mass is 262 g/mol. The van der Waals surface area contributed by atoms with Crippen molar-refractivity contribution < 1.29 is 9.47 Å². The molecule has 0 aromatic heterocycles. The third-order valence-electron chi connectivity index (χ3n) is 4.00. The van der Waals surface area contributed by atoms with E-state index in [0.717, 1.165) is 43.1 Å². The Morgan fingerprint density at radius 1 is 1.26 bits per heavy atom. The highest BCUT2D eigenvalue weighted by Crippen LogP contribution is 2.42. The van der Waals surface area contributed by atoms with Crippen molar-refractivity contribution in [1.29, 1.82) is 0 Å². The lowest BCUT2D eigenvalue weighted by Gasteiger charge is -2.39. The predicted molar refractivity (Wildman–Crippen MR) is 76.5 cm³/mol. The molecule has 1 N–H and O–H groups in total. The molecule has 1 fully saturated rings. The van der Waals surface area contributed by atoms with Gasteiger partial charge in [0.15, 0.2) is 11.5 Å². The second-order valence-corrected chi connectivity index (χ2v) is 5.22. The van der Waals surface area contributed by atoms with Crippen molar-refractivity contribution in [2.45, 2.75) is 26.3 Å². The molecule has 0 aliphatic carbocycles. The Kier molecular flexibility index (Phi) is 3.51. The first-order valence-electron chi connectivity index (χ1n) is 7.18. The molecule has 2 aliphatic rings. The van der Waals surface area contributed by atoms with E-state index in [1.807, 2.05) is 0 Å². The van der Waals surface area contributed by atoms with Crippen LogP contribution in [0.1, 0.15) is 18.9 Å². The number of benzene rings is 1. The Labute approximate surface area is 114 Å². The summed E-state index contributed by atoms with van der Waals surface area (Å²) < 4.78 is 11.7. The number of hydrogen-bond acceptors (Lipinski definition) is 4. The maximum atomic E-state index is 5.89. The summed E-state index contributed by atoms with van der Waals surface area (Å²) in [6.07, 6.45) is 1.14. The normalized spacial score (nSPS) is 22.4. The Bertz CT molecular complexity index is 462. The minimum atomic E-state index is 0.533. The molecule has 1 aromatic rings. The van der Waals surface area contributed by atoms with E-state index in [1.54, 1.807) is 0 Å². The van der Waals surface area contributed by atoms with Crippen molar-refractivity contribution in [2.24, 2.45) is 0 Å². The number of rotatable bonds is 2. The van der Waals surface area contributed by atoms with Gasteiger partial charge in [0.25, 0.3) is 0 Å². The summed E-state index contributed by atoms with van der Waals surface area (Å²) in [6.45, 7) is 8.70. The fourth-order valence-electron chi connectivity index (χ4n) is 2.93. The van der Waals surface area contributed by atoms with Gasteiger partial charge in [-0.3, -0.25) is 0 Å². The van der Waals surface area contributed by atoms with Crippen LogP contribution in [0.3, 0.4) is 0 Å². The topological polar surface area (TPSA) is 33.7 Å². The van der Waals surface area contributed by atoms with Crippen LogP contribution >= 0.6 is 0 Å². The van der Waals surface area contributed by atoms with Gasteiger partial charge in [0.2, 0.25) is 0 Å². The van der Waals surface area contributed by atoms with Crippen molar-refractivity contribution in [3.63, 3.8) is 0 Å². The van der Waals surface area contributed by atoms with E-state index >= 15 is 0 Å². The van der Waals surface area contributed by atoms with Gasteiger partial charge in [0.05, 0.1) is 5.69 Å². The number of anilines is 1. The second-order valence-electron chi connectivity index (χ2n) is 5.22. The van der Waals surface area contributed by atoms with E-state index in [-0.39, 0.29) is 0 Å². The van der Waals surface area contributed by atoms with Crippen molar-refractivity contribution in [1.82, 2.24) is 5.32 Å². The minimum absolute atomic E-state index is 0.533. The first-order valence-corrected chi connectivity index (χ1v) is 7.18. The van der Waals surface area contributed by atoms with Gasteiger partial charge in [-0.05, 0) is 25.0 Å². The predicted octanol–water partition coefficient (Wildman–Crippen LogP) is 1.95. The lowest BCUT2D eigenvalue weighted by Crippen LogP contribution is -2.51. The maximum Gasteiger partial charge on any atom is 0.184 e. The number of nitrogens with one attached hydrogen (secondary N) is 1. The molecule has 4 nitrogen and oxygen atoms in total. The van der Waals surface area contributed by atoms with Crippen LogP contribution in [-0.2, 0) is 0 Å². The van der Waals surface area contributed by atoms with Gasteiger partial charge in [-0.1, -0.05) is 13.0 Å². The fraction of sp³-hybridized carbons (Fsp3) is 0.600. The van der Waals surface area contributed by atoms with Crippen LogP contribution in [-0.4, -0.2) is 38.9 Å². The van der Waals surface area contributed by atoms with Crippen molar-refractivity contribution in [3.05, 3.63) is 17.7 Å². The summed E-state index contributed by atoms with van der Waals surface area (Å²) in [4.78, 5) is 2.46. The number of fused-ring (bicyclic) bond motifs is 1. The van der Waals surface area contributed by atoms with Gasteiger partial charge in [-0.25, -0.2) is 0 Å². The van der Waals surface area contributed by atoms with Crippen molar-refractivity contribution in [3.8, 4) is 11.5 Å². The van der Waals surface area contributed by atoms with E-state index in [2.05, 4.69) is 36.2 Å². The fourth-order valence-corrected chi connectivity index (χ4v) is 2.93. The second kappa shape index (κ2) is 5.29. The number of ether oxygens (including phenoxy) is 2. The van der Waals surface area contributed by atoms with Gasteiger partial charge in [0, 0.05) is 25.7 Å². The summed E-state index contributed by atoms with van der Waals surface area (Å²) in [5.41, 5.74) is 2.34. The Morgan fingerprint density at radius 2 is 2.05 bits per heavy atom. The lowest BCUT2D eigenvalue weighted by atomic mass is 10.1. The molecule has 4 heteroatoms. The quantitative estimate of drug-likeness (QED) is 0.883. The van der Waals surface area contributed by atoms with Gasteiger partial charge in [0.1, 0.15) is 13.2 Å². The number of piperazine rings is 1. The van der Waals surface area contributed by atoms with Crippen molar-refractivity contribution in [2.75, 3.05) is 37.7 Å². The van der Waals surface area contributed by atoms with Crippen LogP contribution < -0.4 is 19.7 Å². The Balaban J connectivity index is 1.99. The molecule has 104 valence electrons. The van der Waals surface area contributed by atoms with Gasteiger partial charge in [-0.15, -0.1) is 0 Å². The summed E-state index contributed by atoms with van der Waals surface area (Å²) in [5.74, 6) is 1.86. The highest BCUT2D eigenvalue weighted by atomic mass is 16.6. The summed E-state index contributed by atoms with van der Waals surface area (Å²) in [7, 11) is 0. The van der Waals surface area contributed by atoms with Crippen LogP contribution in [0.4, 0.5) is 5.69 Å². The molecule has 0 amide bonds. The molecule has 3 rings (SSSR count). The molecule has 1 saturated heterocycles. The average Bonchev–Trinajstić information content (AvgIpc) is 2.48. The molecule has 19 heavy (non-hydrogen) atoms. The zero-order valence-electron chi connectivity index (χ0n) is 11.7. The van der Waals surface area contributed by atoms with Crippen LogP contribution in [0.5, 0.6) is 11.5 Å². The zero-order valence-corrected chi connectivity index (χ0v) is 11.7. The summed E-state index contributed by atoms with van der Waals surface area (Å²) >= 11 is 0. The largest absolute Gasteiger partial charge is 0.486 e. The molecule has 2 heterocycles. The summed E-state index contributed by atoms with van der Waals surface area (Å²) in [6, 6.07) is 4.85. The number of hydrogen-bond donors (Lipinski definition) is 1. The first-order chi connectivity index (χ1) is 9.31. The molecular formula is C15H22N2O2. The highest BCUT2D eigenvalue weighted by molar-refractivity contribution is 5.68. The zero-order chi connectivity index (χ0) is 13.2. The van der Waals surface area contributed by atoms with E-state index in [1.165, 1.54) is 5.69 Å². The molecule has 0 radical (unpaired) electrons. The third kappa shape index (κ3) is 2.25. The van der Waals surface area contributed by atoms with Gasteiger partial charge < -0.3 is 19.7 Å². The molecule has 0 spiro atoms. The maximum absolute atomic E-state index is 5.89. The smallest absolute Gasteiger partial charge is 0.184 e. The number of aryl methyl sites for hydroxylation is 1. The van der Waals surface area contributed by atoms with Crippen LogP contribution in [0.15, 0.2) is 12.1 Å². The lowest BCUT2D eigenvalue weighted by molar-refractivity contribution is 0.170. The van der Waals surface area contributed by atoms with E-state index < -0.39 is 0 Å². The Hall–Kier alpha value is -1.42.